The molecule has 39 heavy (non-hydrogen) atoms. The highest BCUT2D eigenvalue weighted by molar-refractivity contribution is 6.30. The van der Waals surface area contributed by atoms with Crippen LogP contribution in [-0.2, 0) is 25.7 Å². The second-order valence-corrected chi connectivity index (χ2v) is 9.75. The third kappa shape index (κ3) is 8.40. The number of halogens is 5. The van der Waals surface area contributed by atoms with Crippen molar-refractivity contribution in [3.63, 3.8) is 0 Å². The molecule has 0 N–H and O–H groups in total. The molecule has 1 aromatic heterocycles. The lowest BCUT2D eigenvalue weighted by molar-refractivity contribution is -0.137. The summed E-state index contributed by atoms with van der Waals surface area (Å²) in [5, 5.41) is 5.25. The lowest BCUT2D eigenvalue weighted by Crippen LogP contribution is -2.46. The molecule has 0 radical (unpaired) electrons. The molecule has 1 aliphatic heterocycles. The highest BCUT2D eigenvalue weighted by atomic mass is 35.5. The fourth-order valence-corrected chi connectivity index (χ4v) is 4.82. The summed E-state index contributed by atoms with van der Waals surface area (Å²) in [5.41, 5.74) is 0.233. The average Bonchev–Trinajstić information content (AvgIpc) is 3.21. The van der Waals surface area contributed by atoms with E-state index in [1.54, 1.807) is 4.57 Å². The molecule has 1 aliphatic rings. The van der Waals surface area contributed by atoms with Crippen molar-refractivity contribution in [2.24, 2.45) is 0 Å². The number of hydrogen-bond acceptors (Lipinski definition) is 5. The van der Waals surface area contributed by atoms with E-state index in [1.165, 1.54) is 16.8 Å². The van der Waals surface area contributed by atoms with Gasteiger partial charge >= 0.3 is 11.9 Å². The SMILES string of the molecule is CCc1nn(CCCN2CCN(c3cccc(Cl)c3)CC2)c(=O)n1CCCOc1cccc(C(F)(F)F)c1.Cl. The smallest absolute Gasteiger partial charge is 0.416 e. The lowest BCUT2D eigenvalue weighted by Gasteiger charge is -2.36. The van der Waals surface area contributed by atoms with E-state index < -0.39 is 11.7 Å². The van der Waals surface area contributed by atoms with Crippen LogP contribution < -0.4 is 15.3 Å². The molecule has 12 heteroatoms. The molecule has 1 fully saturated rings. The molecule has 0 saturated carbocycles. The van der Waals surface area contributed by atoms with Crippen molar-refractivity contribution < 1.29 is 17.9 Å². The molecule has 214 valence electrons. The first-order valence-corrected chi connectivity index (χ1v) is 13.3. The molecule has 0 amide bonds. The van der Waals surface area contributed by atoms with Gasteiger partial charge in [-0.2, -0.15) is 18.3 Å². The summed E-state index contributed by atoms with van der Waals surface area (Å²) in [6.45, 7) is 7.71. The van der Waals surface area contributed by atoms with Crippen LogP contribution >= 0.6 is 24.0 Å². The zero-order valence-corrected chi connectivity index (χ0v) is 23.4. The Labute approximate surface area is 237 Å². The molecule has 0 unspecified atom stereocenters. The molecule has 0 spiro atoms. The summed E-state index contributed by atoms with van der Waals surface area (Å²) in [6, 6.07) is 12.7. The van der Waals surface area contributed by atoms with E-state index in [1.807, 2.05) is 25.1 Å². The van der Waals surface area contributed by atoms with Gasteiger partial charge in [0.15, 0.2) is 0 Å². The van der Waals surface area contributed by atoms with Gasteiger partial charge in [-0.15, -0.1) is 12.4 Å². The highest BCUT2D eigenvalue weighted by Gasteiger charge is 2.30. The number of alkyl halides is 3. The monoisotopic (exact) mass is 587 g/mol. The summed E-state index contributed by atoms with van der Waals surface area (Å²) in [4.78, 5) is 17.7. The molecule has 1 saturated heterocycles. The number of rotatable bonds is 11. The van der Waals surface area contributed by atoms with E-state index in [0.29, 0.717) is 31.8 Å². The summed E-state index contributed by atoms with van der Waals surface area (Å²) in [6.07, 6.45) is -2.51. The Balaban J connectivity index is 0.00000420. The van der Waals surface area contributed by atoms with Gasteiger partial charge in [0.2, 0.25) is 0 Å². The molecule has 0 bridgehead atoms. The maximum Gasteiger partial charge on any atom is 0.416 e. The molecular formula is C27H34Cl2F3N5O2. The van der Waals surface area contributed by atoms with E-state index in [9.17, 15) is 18.0 Å². The molecule has 7 nitrogen and oxygen atoms in total. The van der Waals surface area contributed by atoms with Gasteiger partial charge in [-0.1, -0.05) is 30.7 Å². The summed E-state index contributed by atoms with van der Waals surface area (Å²) >= 11 is 6.12. The number of hydrogen-bond donors (Lipinski definition) is 0. The number of nitrogens with zero attached hydrogens (tertiary/aromatic N) is 5. The number of anilines is 1. The first kappa shape index (κ1) is 30.8. The van der Waals surface area contributed by atoms with Gasteiger partial charge < -0.3 is 9.64 Å². The number of ether oxygens (including phenoxy) is 1. The van der Waals surface area contributed by atoms with Gasteiger partial charge in [-0.25, -0.2) is 9.48 Å². The van der Waals surface area contributed by atoms with Gasteiger partial charge in [0.25, 0.3) is 0 Å². The Morgan fingerprint density at radius 3 is 2.41 bits per heavy atom. The molecule has 3 aromatic rings. The Kier molecular flexibility index (Phi) is 11.1. The van der Waals surface area contributed by atoms with E-state index in [2.05, 4.69) is 21.0 Å². The molecular weight excluding hydrogens is 554 g/mol. The second-order valence-electron chi connectivity index (χ2n) is 9.32. The van der Waals surface area contributed by atoms with Gasteiger partial charge in [0.1, 0.15) is 11.6 Å². The minimum absolute atomic E-state index is 0. The van der Waals surface area contributed by atoms with E-state index in [0.717, 1.165) is 62.0 Å². The Hall–Kier alpha value is -2.69. The first-order chi connectivity index (χ1) is 18.2. The molecule has 0 atom stereocenters. The van der Waals surface area contributed by atoms with E-state index >= 15 is 0 Å². The van der Waals surface area contributed by atoms with Crippen molar-refractivity contribution in [1.29, 1.82) is 0 Å². The van der Waals surface area contributed by atoms with Crippen LogP contribution in [0, 0.1) is 0 Å². The Morgan fingerprint density at radius 2 is 1.72 bits per heavy atom. The zero-order chi connectivity index (χ0) is 27.1. The topological polar surface area (TPSA) is 55.5 Å². The fraction of sp³-hybridized carbons (Fsp3) is 0.481. The van der Waals surface area contributed by atoms with Crippen LogP contribution in [0.2, 0.25) is 5.02 Å². The lowest BCUT2D eigenvalue weighted by atomic mass is 10.2. The Bertz CT molecular complexity index is 1260. The van der Waals surface area contributed by atoms with Crippen molar-refractivity contribution in [2.75, 3.05) is 44.2 Å². The van der Waals surface area contributed by atoms with Crippen LogP contribution in [0.25, 0.3) is 0 Å². The maximum atomic E-state index is 12.9. The first-order valence-electron chi connectivity index (χ1n) is 12.9. The van der Waals surface area contributed by atoms with Crippen molar-refractivity contribution in [1.82, 2.24) is 19.2 Å². The van der Waals surface area contributed by atoms with Gasteiger partial charge in [0, 0.05) is 62.9 Å². The number of benzene rings is 2. The van der Waals surface area contributed by atoms with Crippen LogP contribution in [0.4, 0.5) is 18.9 Å². The Morgan fingerprint density at radius 1 is 0.974 bits per heavy atom. The van der Waals surface area contributed by atoms with Crippen LogP contribution in [0.15, 0.2) is 53.3 Å². The zero-order valence-electron chi connectivity index (χ0n) is 21.9. The van der Waals surface area contributed by atoms with Crippen LogP contribution in [-0.4, -0.2) is 58.6 Å². The molecule has 2 aromatic carbocycles. The average molecular weight is 589 g/mol. The van der Waals surface area contributed by atoms with Gasteiger partial charge in [-0.3, -0.25) is 9.47 Å². The maximum absolute atomic E-state index is 12.9. The molecule has 0 aliphatic carbocycles. The van der Waals surface area contributed by atoms with Crippen molar-refractivity contribution in [3.05, 3.63) is 75.4 Å². The van der Waals surface area contributed by atoms with E-state index in [-0.39, 0.29) is 30.5 Å². The van der Waals surface area contributed by atoms with Crippen molar-refractivity contribution in [3.8, 4) is 5.75 Å². The predicted octanol–water partition coefficient (Wildman–Crippen LogP) is 5.38. The van der Waals surface area contributed by atoms with Crippen LogP contribution in [0.5, 0.6) is 5.75 Å². The third-order valence-electron chi connectivity index (χ3n) is 6.66. The minimum Gasteiger partial charge on any atom is -0.494 e. The fourth-order valence-electron chi connectivity index (χ4n) is 4.64. The van der Waals surface area contributed by atoms with Crippen LogP contribution in [0.1, 0.15) is 31.2 Å². The predicted molar refractivity (Wildman–Crippen MR) is 149 cm³/mol. The van der Waals surface area contributed by atoms with Crippen molar-refractivity contribution >= 4 is 29.7 Å². The number of aromatic nitrogens is 3. The minimum atomic E-state index is -4.41. The highest BCUT2D eigenvalue weighted by Crippen LogP contribution is 2.31. The normalized spacial score (nSPS) is 14.3. The standard InChI is InChI=1S/C27H33ClF3N5O2.ClH/c1-2-25-32-36(13-5-11-33-14-16-34(17-15-33)23-9-4-8-22(28)20-23)26(37)35(25)12-6-18-38-24-10-3-7-21(19-24)27(29,30)31;/h3-4,7-10,19-20H,2,5-6,11-18H2,1H3;1H. The second kappa shape index (κ2) is 14.1. The number of aryl methyl sites for hydroxylation is 2. The summed E-state index contributed by atoms with van der Waals surface area (Å²) in [5.74, 6) is 0.858. The third-order valence-corrected chi connectivity index (χ3v) is 6.90. The van der Waals surface area contributed by atoms with Crippen molar-refractivity contribution in [2.45, 2.75) is 45.5 Å². The number of piperazine rings is 1. The molecule has 4 rings (SSSR count). The summed E-state index contributed by atoms with van der Waals surface area (Å²) < 4.78 is 47.3. The van der Waals surface area contributed by atoms with Gasteiger partial charge in [-0.05, 0) is 49.2 Å². The van der Waals surface area contributed by atoms with E-state index in [4.69, 9.17) is 16.3 Å². The van der Waals surface area contributed by atoms with Crippen LogP contribution in [0.3, 0.4) is 0 Å². The molecule has 2 heterocycles. The summed E-state index contributed by atoms with van der Waals surface area (Å²) in [7, 11) is 0. The van der Waals surface area contributed by atoms with Gasteiger partial charge in [0.05, 0.1) is 12.2 Å². The quantitative estimate of drug-likeness (QED) is 0.282. The largest absolute Gasteiger partial charge is 0.494 e.